The molecule has 2 aromatic heterocycles. The van der Waals surface area contributed by atoms with E-state index >= 15 is 0 Å². The zero-order valence-corrected chi connectivity index (χ0v) is 17.2. The Balaban J connectivity index is 1.52. The van der Waals surface area contributed by atoms with Gasteiger partial charge >= 0.3 is 0 Å². The monoisotopic (exact) mass is 436 g/mol. The van der Waals surface area contributed by atoms with Crippen molar-refractivity contribution in [2.45, 2.75) is 6.54 Å². The molecule has 2 aromatic carbocycles. The fraction of sp³-hybridized carbons (Fsp3) is 0.0909. The number of nitrogens with one attached hydrogen (secondary N) is 1. The smallest absolute Gasteiger partial charge is 0.259 e. The van der Waals surface area contributed by atoms with Gasteiger partial charge in [-0.2, -0.15) is 4.98 Å². The van der Waals surface area contributed by atoms with Crippen LogP contribution in [0.1, 0.15) is 0 Å². The number of aromatic nitrogens is 3. The van der Waals surface area contributed by atoms with Crippen LogP contribution in [-0.4, -0.2) is 27.7 Å². The van der Waals surface area contributed by atoms with E-state index in [9.17, 15) is 9.59 Å². The van der Waals surface area contributed by atoms with Crippen LogP contribution in [0.4, 0.5) is 5.69 Å². The molecule has 0 aliphatic carbocycles. The van der Waals surface area contributed by atoms with Gasteiger partial charge in [0, 0.05) is 28.5 Å². The standard InChI is InChI=1S/C22H17ClN4O4/c1-30-18-9-2-14(3-10-18)21-25-22(31-26-21)15-4-11-20(29)27(12-15)13-19(28)24-17-7-5-16(23)6-8-17/h2-12H,13H2,1H3,(H,24,28). The maximum atomic E-state index is 12.3. The Morgan fingerprint density at radius 1 is 1.06 bits per heavy atom. The van der Waals surface area contributed by atoms with E-state index in [0.717, 1.165) is 11.3 Å². The molecule has 4 aromatic rings. The average molecular weight is 437 g/mol. The predicted octanol–water partition coefficient (Wildman–Crippen LogP) is 3.87. The molecule has 4 rings (SSSR count). The minimum atomic E-state index is -0.356. The van der Waals surface area contributed by atoms with Gasteiger partial charge in [-0.05, 0) is 54.6 Å². The number of methoxy groups -OCH3 is 1. The number of nitrogens with zero attached hydrogens (tertiary/aromatic N) is 3. The van der Waals surface area contributed by atoms with Gasteiger partial charge in [-0.1, -0.05) is 16.8 Å². The van der Waals surface area contributed by atoms with E-state index in [2.05, 4.69) is 15.5 Å². The molecule has 0 spiro atoms. The Hall–Kier alpha value is -3.91. The third-order valence-corrected chi connectivity index (χ3v) is 4.70. The first kappa shape index (κ1) is 20.4. The molecule has 0 saturated carbocycles. The lowest BCUT2D eigenvalue weighted by atomic mass is 10.2. The number of anilines is 1. The molecule has 0 aliphatic heterocycles. The highest BCUT2D eigenvalue weighted by atomic mass is 35.5. The van der Waals surface area contributed by atoms with Crippen molar-refractivity contribution in [1.29, 1.82) is 0 Å². The fourth-order valence-electron chi connectivity index (χ4n) is 2.87. The molecular weight excluding hydrogens is 420 g/mol. The number of ether oxygens (including phenoxy) is 1. The SMILES string of the molecule is COc1ccc(-c2noc(-c3ccc(=O)n(CC(=O)Nc4ccc(Cl)cc4)c3)n2)cc1. The average Bonchev–Trinajstić information content (AvgIpc) is 3.27. The van der Waals surface area contributed by atoms with Crippen molar-refractivity contribution >= 4 is 23.2 Å². The van der Waals surface area contributed by atoms with E-state index in [0.29, 0.717) is 22.1 Å². The summed E-state index contributed by atoms with van der Waals surface area (Å²) in [7, 11) is 1.59. The third kappa shape index (κ3) is 4.81. The van der Waals surface area contributed by atoms with Crippen molar-refractivity contribution in [3.05, 3.63) is 82.2 Å². The van der Waals surface area contributed by atoms with Crippen LogP contribution in [0.15, 0.2) is 76.2 Å². The molecule has 0 bridgehead atoms. The molecule has 0 atom stereocenters. The quantitative estimate of drug-likeness (QED) is 0.492. The van der Waals surface area contributed by atoms with Crippen LogP contribution in [0.25, 0.3) is 22.8 Å². The van der Waals surface area contributed by atoms with Crippen LogP contribution in [0.3, 0.4) is 0 Å². The molecular formula is C22H17ClN4O4. The molecule has 0 unspecified atom stereocenters. The summed E-state index contributed by atoms with van der Waals surface area (Å²) in [4.78, 5) is 28.9. The lowest BCUT2D eigenvalue weighted by Gasteiger charge is -2.08. The molecule has 9 heteroatoms. The van der Waals surface area contributed by atoms with Gasteiger partial charge in [0.25, 0.3) is 11.4 Å². The van der Waals surface area contributed by atoms with Crippen LogP contribution in [0, 0.1) is 0 Å². The summed E-state index contributed by atoms with van der Waals surface area (Å²) in [6.45, 7) is -0.172. The van der Waals surface area contributed by atoms with Crippen molar-refractivity contribution in [2.75, 3.05) is 12.4 Å². The van der Waals surface area contributed by atoms with E-state index in [1.54, 1.807) is 49.6 Å². The van der Waals surface area contributed by atoms with Crippen molar-refractivity contribution in [2.24, 2.45) is 0 Å². The fourth-order valence-corrected chi connectivity index (χ4v) is 2.99. The highest BCUT2D eigenvalue weighted by Crippen LogP contribution is 2.23. The number of carbonyl (C=O) groups excluding carboxylic acids is 1. The Kier molecular flexibility index (Phi) is 5.81. The van der Waals surface area contributed by atoms with Gasteiger partial charge in [0.05, 0.1) is 12.7 Å². The zero-order valence-electron chi connectivity index (χ0n) is 16.4. The third-order valence-electron chi connectivity index (χ3n) is 4.45. The Morgan fingerprint density at radius 3 is 2.48 bits per heavy atom. The highest BCUT2D eigenvalue weighted by Gasteiger charge is 2.13. The minimum absolute atomic E-state index is 0.172. The van der Waals surface area contributed by atoms with Crippen LogP contribution < -0.4 is 15.6 Å². The summed E-state index contributed by atoms with van der Waals surface area (Å²) in [5.41, 5.74) is 1.53. The van der Waals surface area contributed by atoms with E-state index in [4.69, 9.17) is 20.9 Å². The van der Waals surface area contributed by atoms with Gasteiger partial charge in [0.1, 0.15) is 12.3 Å². The molecule has 0 saturated heterocycles. The van der Waals surface area contributed by atoms with Gasteiger partial charge in [0.15, 0.2) is 0 Å². The Morgan fingerprint density at radius 2 is 1.77 bits per heavy atom. The summed E-state index contributed by atoms with van der Waals surface area (Å²) in [6, 6.07) is 16.8. The van der Waals surface area contributed by atoms with Crippen LogP contribution in [0.5, 0.6) is 5.75 Å². The number of hydrogen-bond acceptors (Lipinski definition) is 6. The van der Waals surface area contributed by atoms with E-state index in [1.807, 2.05) is 12.1 Å². The van der Waals surface area contributed by atoms with Crippen molar-refractivity contribution in [3.8, 4) is 28.6 Å². The largest absolute Gasteiger partial charge is 0.497 e. The molecule has 0 radical (unpaired) electrons. The maximum absolute atomic E-state index is 12.3. The molecule has 1 amide bonds. The zero-order chi connectivity index (χ0) is 21.8. The summed E-state index contributed by atoms with van der Waals surface area (Å²) in [5, 5.41) is 7.28. The lowest BCUT2D eigenvalue weighted by molar-refractivity contribution is -0.116. The second kappa shape index (κ2) is 8.85. The van der Waals surface area contributed by atoms with E-state index in [-0.39, 0.29) is 23.9 Å². The molecule has 31 heavy (non-hydrogen) atoms. The first-order valence-electron chi connectivity index (χ1n) is 9.26. The normalized spacial score (nSPS) is 10.6. The summed E-state index contributed by atoms with van der Waals surface area (Å²) in [6.07, 6.45) is 1.51. The number of benzene rings is 2. The lowest BCUT2D eigenvalue weighted by Crippen LogP contribution is -2.26. The summed E-state index contributed by atoms with van der Waals surface area (Å²) in [5.74, 6) is 0.996. The van der Waals surface area contributed by atoms with E-state index < -0.39 is 0 Å². The van der Waals surface area contributed by atoms with Gasteiger partial charge < -0.3 is 19.1 Å². The Bertz CT molecular complexity index is 1260. The van der Waals surface area contributed by atoms with Gasteiger partial charge in [-0.3, -0.25) is 9.59 Å². The van der Waals surface area contributed by atoms with Gasteiger partial charge in [-0.25, -0.2) is 0 Å². The van der Waals surface area contributed by atoms with Crippen molar-refractivity contribution in [1.82, 2.24) is 14.7 Å². The molecule has 8 nitrogen and oxygen atoms in total. The van der Waals surface area contributed by atoms with Gasteiger partial charge in [-0.15, -0.1) is 0 Å². The Labute approximate surface area is 182 Å². The van der Waals surface area contributed by atoms with Crippen molar-refractivity contribution < 1.29 is 14.1 Å². The van der Waals surface area contributed by atoms with Crippen LogP contribution >= 0.6 is 11.6 Å². The molecule has 1 N–H and O–H groups in total. The summed E-state index contributed by atoms with van der Waals surface area (Å²) >= 11 is 5.85. The highest BCUT2D eigenvalue weighted by molar-refractivity contribution is 6.30. The topological polar surface area (TPSA) is 99.3 Å². The second-order valence-electron chi connectivity index (χ2n) is 6.59. The van der Waals surface area contributed by atoms with Crippen molar-refractivity contribution in [3.63, 3.8) is 0 Å². The van der Waals surface area contributed by atoms with Crippen LogP contribution in [-0.2, 0) is 11.3 Å². The summed E-state index contributed by atoms with van der Waals surface area (Å²) < 4.78 is 11.8. The number of amides is 1. The molecule has 2 heterocycles. The predicted molar refractivity (Wildman–Crippen MR) is 116 cm³/mol. The number of halogens is 1. The molecule has 156 valence electrons. The first-order valence-corrected chi connectivity index (χ1v) is 9.64. The molecule has 0 fully saturated rings. The number of hydrogen-bond donors (Lipinski definition) is 1. The van der Waals surface area contributed by atoms with Gasteiger partial charge in [0.2, 0.25) is 11.7 Å². The minimum Gasteiger partial charge on any atom is -0.497 e. The number of rotatable bonds is 6. The number of pyridine rings is 1. The second-order valence-corrected chi connectivity index (χ2v) is 7.03. The molecule has 0 aliphatic rings. The first-order chi connectivity index (χ1) is 15.0. The number of carbonyl (C=O) groups is 1. The van der Waals surface area contributed by atoms with E-state index in [1.165, 1.54) is 16.8 Å². The van der Waals surface area contributed by atoms with Crippen LogP contribution in [0.2, 0.25) is 5.02 Å². The maximum Gasteiger partial charge on any atom is 0.259 e.